The molecule has 2 rings (SSSR count). The molecule has 1 atom stereocenters. The van der Waals surface area contributed by atoms with E-state index in [2.05, 4.69) is 11.8 Å². The van der Waals surface area contributed by atoms with E-state index >= 15 is 0 Å². The lowest BCUT2D eigenvalue weighted by Crippen LogP contribution is -2.38. The molecule has 1 aliphatic heterocycles. The van der Waals surface area contributed by atoms with Crippen molar-refractivity contribution in [3.05, 3.63) is 29.8 Å². The first-order valence-electron chi connectivity index (χ1n) is 5.75. The predicted molar refractivity (Wildman–Crippen MR) is 64.9 cm³/mol. The molecule has 1 N–H and O–H groups in total. The van der Waals surface area contributed by atoms with Crippen LogP contribution in [-0.2, 0) is 4.74 Å². The summed E-state index contributed by atoms with van der Waals surface area (Å²) < 4.78 is 5.76. The van der Waals surface area contributed by atoms with Crippen LogP contribution in [0.3, 0.4) is 0 Å². The summed E-state index contributed by atoms with van der Waals surface area (Å²) in [4.78, 5) is 2.39. The Bertz CT molecular complexity index is 328. The molecular weight excluding hydrogens is 201 g/mol. The first-order chi connectivity index (χ1) is 7.83. The number of rotatable bonds is 3. The summed E-state index contributed by atoms with van der Waals surface area (Å²) in [5.41, 5.74) is 2.01. The van der Waals surface area contributed by atoms with Crippen molar-refractivity contribution in [1.82, 2.24) is 4.90 Å². The van der Waals surface area contributed by atoms with Crippen molar-refractivity contribution in [1.29, 1.82) is 0 Å². The van der Waals surface area contributed by atoms with Crippen LogP contribution in [0.25, 0.3) is 0 Å². The zero-order chi connectivity index (χ0) is 11.4. The Labute approximate surface area is 97.3 Å². The largest absolute Gasteiger partial charge is 0.450 e. The number of nitrogens with zero attached hydrogens (tertiary/aromatic N) is 1. The number of likely N-dealkylation sites (N-methyl/N-ethyl adjacent to an activating group) is 1. The smallest absolute Gasteiger partial charge is 0.326 e. The van der Waals surface area contributed by atoms with Crippen LogP contribution >= 0.6 is 0 Å². The van der Waals surface area contributed by atoms with Crippen LogP contribution in [0.4, 0.5) is 0 Å². The van der Waals surface area contributed by atoms with E-state index in [-0.39, 0.29) is 6.10 Å². The molecule has 1 aliphatic rings. The second kappa shape index (κ2) is 5.48. The Morgan fingerprint density at radius 1 is 1.44 bits per heavy atom. The summed E-state index contributed by atoms with van der Waals surface area (Å²) >= 11 is 0. The van der Waals surface area contributed by atoms with Gasteiger partial charge in [-0.25, -0.2) is 0 Å². The molecule has 1 aromatic carbocycles. The maximum atomic E-state index is 8.85. The van der Waals surface area contributed by atoms with Crippen molar-refractivity contribution in [3.63, 3.8) is 0 Å². The Balaban J connectivity index is 2.05. The number of ether oxygens (including phenoxy) is 1. The van der Waals surface area contributed by atoms with Gasteiger partial charge >= 0.3 is 7.48 Å². The highest BCUT2D eigenvalue weighted by Crippen LogP contribution is 2.21. The van der Waals surface area contributed by atoms with Crippen molar-refractivity contribution in [2.24, 2.45) is 0 Å². The average Bonchev–Trinajstić information content (AvgIpc) is 2.39. The van der Waals surface area contributed by atoms with Crippen molar-refractivity contribution >= 4 is 12.9 Å². The average molecular weight is 218 g/mol. The fourth-order valence-corrected chi connectivity index (χ4v) is 1.99. The van der Waals surface area contributed by atoms with Gasteiger partial charge in [-0.05, 0) is 12.1 Å². The minimum absolute atomic E-state index is 0.168. The Morgan fingerprint density at radius 2 is 2.19 bits per heavy atom. The molecule has 0 bridgehead atoms. The Kier molecular flexibility index (Phi) is 3.99. The SMILES string of the molecule is CCN1CCOC(c2ccc([B]O)cc2)C1. The van der Waals surface area contributed by atoms with E-state index in [4.69, 9.17) is 9.76 Å². The fraction of sp³-hybridized carbons (Fsp3) is 0.500. The normalized spacial score (nSPS) is 22.0. The molecule has 0 aromatic heterocycles. The molecule has 0 saturated carbocycles. The highest BCUT2D eigenvalue weighted by Gasteiger charge is 2.20. The van der Waals surface area contributed by atoms with Crippen LogP contribution in [-0.4, -0.2) is 43.6 Å². The van der Waals surface area contributed by atoms with E-state index in [0.717, 1.165) is 39.2 Å². The molecule has 1 heterocycles. The molecule has 1 fully saturated rings. The molecule has 1 aromatic rings. The van der Waals surface area contributed by atoms with Gasteiger partial charge in [-0.15, -0.1) is 0 Å². The molecule has 0 amide bonds. The first-order valence-corrected chi connectivity index (χ1v) is 5.75. The zero-order valence-electron chi connectivity index (χ0n) is 9.60. The highest BCUT2D eigenvalue weighted by molar-refractivity contribution is 6.45. The number of hydrogen-bond donors (Lipinski definition) is 1. The second-order valence-corrected chi connectivity index (χ2v) is 4.05. The zero-order valence-corrected chi connectivity index (χ0v) is 9.60. The topological polar surface area (TPSA) is 32.7 Å². The van der Waals surface area contributed by atoms with Crippen molar-refractivity contribution in [3.8, 4) is 0 Å². The summed E-state index contributed by atoms with van der Waals surface area (Å²) in [7, 11) is 1.11. The number of morpholine rings is 1. The molecule has 0 spiro atoms. The van der Waals surface area contributed by atoms with Crippen molar-refractivity contribution < 1.29 is 9.76 Å². The van der Waals surface area contributed by atoms with Gasteiger partial charge in [0.05, 0.1) is 12.7 Å². The van der Waals surface area contributed by atoms with Gasteiger partial charge < -0.3 is 9.76 Å². The maximum absolute atomic E-state index is 8.85. The van der Waals surface area contributed by atoms with Crippen LogP contribution in [0.15, 0.2) is 24.3 Å². The minimum atomic E-state index is 0.168. The third kappa shape index (κ3) is 2.64. The van der Waals surface area contributed by atoms with E-state index in [1.165, 1.54) is 5.56 Å². The Morgan fingerprint density at radius 3 is 2.81 bits per heavy atom. The van der Waals surface area contributed by atoms with E-state index in [1.54, 1.807) is 0 Å². The molecule has 16 heavy (non-hydrogen) atoms. The first kappa shape index (κ1) is 11.6. The van der Waals surface area contributed by atoms with E-state index in [0.29, 0.717) is 0 Å². The van der Waals surface area contributed by atoms with Gasteiger partial charge in [-0.1, -0.05) is 36.7 Å². The monoisotopic (exact) mass is 218 g/mol. The lowest BCUT2D eigenvalue weighted by atomic mass is 9.88. The van der Waals surface area contributed by atoms with Gasteiger partial charge in [0.15, 0.2) is 0 Å². The van der Waals surface area contributed by atoms with Crippen LogP contribution in [0.1, 0.15) is 18.6 Å². The lowest BCUT2D eigenvalue weighted by molar-refractivity contribution is -0.0281. The molecular formula is C12H17BNO2. The molecule has 1 unspecified atom stereocenters. The van der Waals surface area contributed by atoms with Gasteiger partial charge in [-0.2, -0.15) is 0 Å². The number of benzene rings is 1. The maximum Gasteiger partial charge on any atom is 0.326 e. The van der Waals surface area contributed by atoms with Crippen molar-refractivity contribution in [2.75, 3.05) is 26.2 Å². The van der Waals surface area contributed by atoms with Crippen LogP contribution in [0.2, 0.25) is 0 Å². The van der Waals surface area contributed by atoms with Crippen LogP contribution < -0.4 is 5.46 Å². The third-order valence-electron chi connectivity index (χ3n) is 3.06. The van der Waals surface area contributed by atoms with Gasteiger partial charge in [0, 0.05) is 13.1 Å². The lowest BCUT2D eigenvalue weighted by Gasteiger charge is -2.32. The molecule has 1 radical (unpaired) electrons. The predicted octanol–water partition coefficient (Wildman–Crippen LogP) is 0.317. The van der Waals surface area contributed by atoms with Gasteiger partial charge in [0.1, 0.15) is 0 Å². The fourth-order valence-electron chi connectivity index (χ4n) is 1.99. The molecule has 1 saturated heterocycles. The van der Waals surface area contributed by atoms with E-state index in [9.17, 15) is 0 Å². The third-order valence-corrected chi connectivity index (χ3v) is 3.06. The van der Waals surface area contributed by atoms with Gasteiger partial charge in [0.2, 0.25) is 0 Å². The minimum Gasteiger partial charge on any atom is -0.450 e. The van der Waals surface area contributed by atoms with Crippen LogP contribution in [0.5, 0.6) is 0 Å². The van der Waals surface area contributed by atoms with Crippen LogP contribution in [0, 0.1) is 0 Å². The van der Waals surface area contributed by atoms with Gasteiger partial charge in [-0.3, -0.25) is 4.90 Å². The molecule has 4 heteroatoms. The Hall–Kier alpha value is -0.835. The van der Waals surface area contributed by atoms with E-state index < -0.39 is 0 Å². The summed E-state index contributed by atoms with van der Waals surface area (Å²) in [5, 5.41) is 8.85. The highest BCUT2D eigenvalue weighted by atomic mass is 16.5. The standard InChI is InChI=1S/C12H17BNO2/c1-2-14-7-8-16-12(9-14)10-3-5-11(13-15)6-4-10/h3-6,12,15H,2,7-9H2,1H3. The summed E-state index contributed by atoms with van der Waals surface area (Å²) in [5.74, 6) is 0. The van der Waals surface area contributed by atoms with E-state index in [1.807, 2.05) is 24.3 Å². The summed E-state index contributed by atoms with van der Waals surface area (Å²) in [6.45, 7) is 6.02. The second-order valence-electron chi connectivity index (χ2n) is 4.05. The summed E-state index contributed by atoms with van der Waals surface area (Å²) in [6, 6.07) is 7.85. The van der Waals surface area contributed by atoms with Gasteiger partial charge in [0.25, 0.3) is 0 Å². The molecule has 3 nitrogen and oxygen atoms in total. The summed E-state index contributed by atoms with van der Waals surface area (Å²) in [6.07, 6.45) is 0.168. The molecule has 85 valence electrons. The number of hydrogen-bond acceptors (Lipinski definition) is 3. The van der Waals surface area contributed by atoms with Crippen molar-refractivity contribution in [2.45, 2.75) is 13.0 Å². The quantitative estimate of drug-likeness (QED) is 0.741. The molecule has 0 aliphatic carbocycles.